The van der Waals surface area contributed by atoms with Crippen molar-refractivity contribution in [2.75, 3.05) is 19.6 Å². The molecule has 1 aromatic rings. The molecular weight excluding hydrogens is 314 g/mol. The van der Waals surface area contributed by atoms with Crippen LogP contribution in [0.25, 0.3) is 0 Å². The lowest BCUT2D eigenvalue weighted by molar-refractivity contribution is -0.128. The third-order valence-electron chi connectivity index (χ3n) is 5.60. The minimum atomic E-state index is -0.378. The van der Waals surface area contributed by atoms with Gasteiger partial charge in [-0.15, -0.1) is 0 Å². The van der Waals surface area contributed by atoms with Crippen LogP contribution in [0, 0.1) is 5.41 Å². The summed E-state index contributed by atoms with van der Waals surface area (Å²) < 4.78 is 0. The lowest BCUT2D eigenvalue weighted by Crippen LogP contribution is -2.42. The van der Waals surface area contributed by atoms with Gasteiger partial charge in [-0.05, 0) is 51.6 Å². The summed E-state index contributed by atoms with van der Waals surface area (Å²) in [5, 5.41) is 5.92. The summed E-state index contributed by atoms with van der Waals surface area (Å²) in [7, 11) is 0. The number of amides is 2. The van der Waals surface area contributed by atoms with E-state index in [-0.39, 0.29) is 23.3 Å². The molecule has 1 spiro atoms. The van der Waals surface area contributed by atoms with Crippen LogP contribution in [0.4, 0.5) is 0 Å². The Balaban J connectivity index is 1.45. The highest BCUT2D eigenvalue weighted by Gasteiger charge is 2.52. The van der Waals surface area contributed by atoms with Gasteiger partial charge in [-0.25, -0.2) is 0 Å². The van der Waals surface area contributed by atoms with Gasteiger partial charge in [0.2, 0.25) is 11.8 Å². The summed E-state index contributed by atoms with van der Waals surface area (Å²) in [6.45, 7) is 6.67. The zero-order valence-electron chi connectivity index (χ0n) is 15.3. The maximum Gasteiger partial charge on any atom is 0.242 e. The summed E-state index contributed by atoms with van der Waals surface area (Å²) in [4.78, 5) is 27.2. The molecule has 0 unspecified atom stereocenters. The van der Waals surface area contributed by atoms with Gasteiger partial charge in [-0.2, -0.15) is 0 Å². The summed E-state index contributed by atoms with van der Waals surface area (Å²) in [5.74, 6) is 0.0152. The fraction of sp³-hybridized carbons (Fsp3) is 0.600. The van der Waals surface area contributed by atoms with Gasteiger partial charge >= 0.3 is 0 Å². The molecule has 0 aromatic heterocycles. The number of carbonyl (C=O) groups excluding carboxylic acids is 2. The van der Waals surface area contributed by atoms with E-state index >= 15 is 0 Å². The Kier molecular flexibility index (Phi) is 5.42. The van der Waals surface area contributed by atoms with E-state index in [2.05, 4.69) is 41.5 Å². The van der Waals surface area contributed by atoms with Crippen molar-refractivity contribution >= 4 is 11.8 Å². The second-order valence-electron chi connectivity index (χ2n) is 7.70. The zero-order valence-corrected chi connectivity index (χ0v) is 15.3. The molecule has 0 radical (unpaired) electrons. The highest BCUT2D eigenvalue weighted by Crippen LogP contribution is 2.40. The molecule has 2 atom stereocenters. The van der Waals surface area contributed by atoms with E-state index in [0.29, 0.717) is 19.0 Å². The Morgan fingerprint density at radius 3 is 2.80 bits per heavy atom. The van der Waals surface area contributed by atoms with Gasteiger partial charge in [0.25, 0.3) is 0 Å². The smallest absolute Gasteiger partial charge is 0.242 e. The molecule has 2 aliphatic rings. The molecule has 1 aromatic carbocycles. The van der Waals surface area contributed by atoms with Crippen molar-refractivity contribution in [1.29, 1.82) is 0 Å². The molecule has 136 valence electrons. The van der Waals surface area contributed by atoms with Crippen LogP contribution in [0.15, 0.2) is 30.3 Å². The number of hydrogen-bond acceptors (Lipinski definition) is 3. The molecule has 2 aliphatic heterocycles. The van der Waals surface area contributed by atoms with Crippen LogP contribution in [-0.4, -0.2) is 48.4 Å². The highest BCUT2D eigenvalue weighted by atomic mass is 16.2. The number of rotatable bonds is 6. The quantitative estimate of drug-likeness (QED) is 0.773. The molecule has 2 heterocycles. The van der Waals surface area contributed by atoms with Gasteiger partial charge in [0.05, 0.1) is 5.41 Å². The number of nitrogens with one attached hydrogen (secondary N) is 2. The Morgan fingerprint density at radius 2 is 2.12 bits per heavy atom. The van der Waals surface area contributed by atoms with Crippen LogP contribution in [0.5, 0.6) is 0 Å². The summed E-state index contributed by atoms with van der Waals surface area (Å²) >= 11 is 0. The van der Waals surface area contributed by atoms with Crippen molar-refractivity contribution in [3.8, 4) is 0 Å². The molecule has 0 bridgehead atoms. The van der Waals surface area contributed by atoms with Crippen molar-refractivity contribution < 1.29 is 9.59 Å². The lowest BCUT2D eigenvalue weighted by atomic mass is 9.84. The van der Waals surface area contributed by atoms with Crippen LogP contribution in [0.3, 0.4) is 0 Å². The average Bonchev–Trinajstić information content (AvgIpc) is 3.18. The Labute approximate surface area is 150 Å². The number of aryl methyl sites for hydroxylation is 1. The van der Waals surface area contributed by atoms with Gasteiger partial charge in [-0.1, -0.05) is 30.3 Å². The Bertz CT molecular complexity index is 617. The standard InChI is InChI=1S/C20H29N3O2/c1-15(2)23-12-10-20(14-23)13-17(22-19(20)25)18(24)21-11-6-9-16-7-4-3-5-8-16/h3-5,7-8,15,17H,6,9-14H2,1-2H3,(H,21,24)(H,22,25)/t17-,20+/m0/s1. The molecular formula is C20H29N3O2. The molecule has 5 nitrogen and oxygen atoms in total. The van der Waals surface area contributed by atoms with E-state index in [1.54, 1.807) is 0 Å². The van der Waals surface area contributed by atoms with Crippen LogP contribution in [0.1, 0.15) is 38.7 Å². The maximum absolute atomic E-state index is 12.5. The Morgan fingerprint density at radius 1 is 1.36 bits per heavy atom. The van der Waals surface area contributed by atoms with E-state index in [4.69, 9.17) is 0 Å². The molecule has 2 amide bonds. The number of hydrogen-bond donors (Lipinski definition) is 2. The number of benzene rings is 1. The van der Waals surface area contributed by atoms with Gasteiger partial charge in [0.15, 0.2) is 0 Å². The molecule has 2 saturated heterocycles. The first kappa shape index (κ1) is 17.9. The lowest BCUT2D eigenvalue weighted by Gasteiger charge is -2.23. The predicted octanol–water partition coefficient (Wildman–Crippen LogP) is 1.72. The average molecular weight is 343 g/mol. The van der Waals surface area contributed by atoms with Crippen molar-refractivity contribution in [3.63, 3.8) is 0 Å². The van der Waals surface area contributed by atoms with Crippen molar-refractivity contribution in [2.45, 2.75) is 51.6 Å². The van der Waals surface area contributed by atoms with E-state index in [9.17, 15) is 9.59 Å². The van der Waals surface area contributed by atoms with Gasteiger partial charge < -0.3 is 10.6 Å². The fourth-order valence-corrected chi connectivity index (χ4v) is 3.97. The first-order valence-electron chi connectivity index (χ1n) is 9.37. The largest absolute Gasteiger partial charge is 0.354 e. The SMILES string of the molecule is CC(C)N1CC[C@@]2(C[C@@H](C(=O)NCCCc3ccccc3)NC2=O)C1. The van der Waals surface area contributed by atoms with Crippen LogP contribution < -0.4 is 10.6 Å². The minimum Gasteiger partial charge on any atom is -0.354 e. The summed E-state index contributed by atoms with van der Waals surface area (Å²) in [6, 6.07) is 10.3. The third-order valence-corrected chi connectivity index (χ3v) is 5.60. The molecule has 0 aliphatic carbocycles. The van der Waals surface area contributed by atoms with E-state index < -0.39 is 0 Å². The molecule has 2 fully saturated rings. The van der Waals surface area contributed by atoms with Crippen LogP contribution >= 0.6 is 0 Å². The second kappa shape index (κ2) is 7.56. The van der Waals surface area contributed by atoms with E-state index in [1.165, 1.54) is 5.56 Å². The molecule has 5 heteroatoms. The van der Waals surface area contributed by atoms with E-state index in [1.807, 2.05) is 18.2 Å². The minimum absolute atomic E-state index is 0.0405. The second-order valence-corrected chi connectivity index (χ2v) is 7.70. The predicted molar refractivity (Wildman–Crippen MR) is 98.1 cm³/mol. The molecule has 0 saturated carbocycles. The van der Waals surface area contributed by atoms with Crippen molar-refractivity contribution in [3.05, 3.63) is 35.9 Å². The van der Waals surface area contributed by atoms with Gasteiger partial charge in [0.1, 0.15) is 6.04 Å². The number of likely N-dealkylation sites (tertiary alicyclic amines) is 1. The highest BCUT2D eigenvalue weighted by molar-refractivity contribution is 5.94. The summed E-state index contributed by atoms with van der Waals surface area (Å²) in [6.07, 6.45) is 3.34. The monoisotopic (exact) mass is 343 g/mol. The number of nitrogens with zero attached hydrogens (tertiary/aromatic N) is 1. The topological polar surface area (TPSA) is 61.4 Å². The fourth-order valence-electron chi connectivity index (χ4n) is 3.97. The van der Waals surface area contributed by atoms with Crippen LogP contribution in [-0.2, 0) is 16.0 Å². The normalized spacial score (nSPS) is 26.4. The van der Waals surface area contributed by atoms with Crippen molar-refractivity contribution in [2.24, 2.45) is 5.41 Å². The van der Waals surface area contributed by atoms with Crippen molar-refractivity contribution in [1.82, 2.24) is 15.5 Å². The molecule has 3 rings (SSSR count). The molecule has 2 N–H and O–H groups in total. The maximum atomic E-state index is 12.5. The van der Waals surface area contributed by atoms with Crippen LogP contribution in [0.2, 0.25) is 0 Å². The number of carbonyl (C=O) groups is 2. The third kappa shape index (κ3) is 4.03. The van der Waals surface area contributed by atoms with E-state index in [0.717, 1.165) is 32.4 Å². The summed E-state index contributed by atoms with van der Waals surface area (Å²) in [5.41, 5.74) is 0.917. The zero-order chi connectivity index (χ0) is 17.9. The Hall–Kier alpha value is -1.88. The van der Waals surface area contributed by atoms with Gasteiger partial charge in [0, 0.05) is 19.1 Å². The first-order chi connectivity index (χ1) is 12.0. The molecule has 25 heavy (non-hydrogen) atoms. The first-order valence-corrected chi connectivity index (χ1v) is 9.37. The van der Waals surface area contributed by atoms with Gasteiger partial charge in [-0.3, -0.25) is 14.5 Å².